The third kappa shape index (κ3) is 4.22. The van der Waals surface area contributed by atoms with Gasteiger partial charge in [0.1, 0.15) is 28.9 Å². The Morgan fingerprint density at radius 2 is 1.79 bits per heavy atom. The summed E-state index contributed by atoms with van der Waals surface area (Å²) in [5.74, 6) is -0.649. The molecule has 1 N–H and O–H groups in total. The molecule has 0 aliphatic carbocycles. The highest BCUT2D eigenvalue weighted by molar-refractivity contribution is 7.15. The zero-order chi connectivity index (χ0) is 23.5. The van der Waals surface area contributed by atoms with Crippen molar-refractivity contribution >= 4 is 33.9 Å². The van der Waals surface area contributed by atoms with Gasteiger partial charge < -0.3 is 14.6 Å². The average Bonchev–Trinajstić information content (AvgIpc) is 3.38. The van der Waals surface area contributed by atoms with Crippen molar-refractivity contribution in [2.24, 2.45) is 0 Å². The minimum Gasteiger partial charge on any atom is -0.507 e. The van der Waals surface area contributed by atoms with E-state index in [9.17, 15) is 14.7 Å². The Balaban J connectivity index is 1.85. The minimum absolute atomic E-state index is 0.0298. The fourth-order valence-electron chi connectivity index (χ4n) is 3.53. The van der Waals surface area contributed by atoms with Gasteiger partial charge in [0.2, 0.25) is 5.13 Å². The maximum absolute atomic E-state index is 13.1. The first-order chi connectivity index (χ1) is 15.9. The van der Waals surface area contributed by atoms with Crippen LogP contribution in [0.3, 0.4) is 0 Å². The Morgan fingerprint density at radius 3 is 2.36 bits per heavy atom. The topological polar surface area (TPSA) is 102 Å². The van der Waals surface area contributed by atoms with Crippen molar-refractivity contribution in [3.63, 3.8) is 0 Å². The predicted molar refractivity (Wildman–Crippen MR) is 125 cm³/mol. The number of ether oxygens (including phenoxy) is 2. The van der Waals surface area contributed by atoms with Crippen LogP contribution in [0.5, 0.6) is 11.5 Å². The summed E-state index contributed by atoms with van der Waals surface area (Å²) in [7, 11) is 1.53. The van der Waals surface area contributed by atoms with Gasteiger partial charge in [-0.3, -0.25) is 14.5 Å². The Hall–Kier alpha value is -3.98. The lowest BCUT2D eigenvalue weighted by molar-refractivity contribution is -0.132. The van der Waals surface area contributed by atoms with E-state index < -0.39 is 17.7 Å². The number of aliphatic hydroxyl groups is 1. The number of carbonyl (C=O) groups is 2. The van der Waals surface area contributed by atoms with Gasteiger partial charge >= 0.3 is 5.91 Å². The number of carbonyl (C=O) groups excluding carboxylic acids is 2. The van der Waals surface area contributed by atoms with Crippen LogP contribution in [-0.2, 0) is 9.59 Å². The lowest BCUT2D eigenvalue weighted by Gasteiger charge is -2.22. The second kappa shape index (κ2) is 9.25. The molecule has 2 heterocycles. The van der Waals surface area contributed by atoms with Gasteiger partial charge in [0.15, 0.2) is 0 Å². The number of ketones is 1. The molecule has 33 heavy (non-hydrogen) atoms. The highest BCUT2D eigenvalue weighted by Crippen LogP contribution is 2.43. The lowest BCUT2D eigenvalue weighted by Crippen LogP contribution is -2.29. The molecule has 1 unspecified atom stereocenters. The monoisotopic (exact) mass is 463 g/mol. The maximum Gasteiger partial charge on any atom is 0.301 e. The number of hydrogen-bond donors (Lipinski definition) is 1. The van der Waals surface area contributed by atoms with E-state index in [1.807, 2.05) is 0 Å². The predicted octanol–water partition coefficient (Wildman–Crippen LogP) is 4.05. The summed E-state index contributed by atoms with van der Waals surface area (Å²) < 4.78 is 10.7. The number of anilines is 1. The molecule has 2 aromatic carbocycles. The Kier molecular flexibility index (Phi) is 6.23. The molecule has 1 saturated heterocycles. The number of Topliss-reactive ketones (excluding diaryl/α,β-unsaturated/α-hetero) is 1. The number of aliphatic hydroxyl groups excluding tert-OH is 1. The van der Waals surface area contributed by atoms with Gasteiger partial charge in [-0.2, -0.15) is 0 Å². The second-order valence-electron chi connectivity index (χ2n) is 7.17. The van der Waals surface area contributed by atoms with Crippen molar-refractivity contribution < 1.29 is 24.2 Å². The van der Waals surface area contributed by atoms with E-state index >= 15 is 0 Å². The molecule has 1 aliphatic heterocycles. The van der Waals surface area contributed by atoms with Crippen LogP contribution in [0.4, 0.5) is 5.13 Å². The molecular weight excluding hydrogens is 442 g/mol. The van der Waals surface area contributed by atoms with Crippen molar-refractivity contribution in [2.45, 2.75) is 13.0 Å². The van der Waals surface area contributed by atoms with Crippen LogP contribution in [0, 0.1) is 6.92 Å². The van der Waals surface area contributed by atoms with E-state index in [0.29, 0.717) is 34.2 Å². The van der Waals surface area contributed by atoms with Gasteiger partial charge in [-0.05, 0) is 48.9 Å². The molecule has 1 fully saturated rings. The zero-order valence-electron chi connectivity index (χ0n) is 18.0. The molecule has 0 spiro atoms. The smallest absolute Gasteiger partial charge is 0.301 e. The van der Waals surface area contributed by atoms with Crippen molar-refractivity contribution in [3.05, 3.63) is 82.9 Å². The van der Waals surface area contributed by atoms with E-state index in [1.165, 1.54) is 23.3 Å². The molecule has 1 atom stereocenters. The molecule has 4 rings (SSSR count). The van der Waals surface area contributed by atoms with Crippen LogP contribution in [-0.4, -0.2) is 40.7 Å². The first kappa shape index (κ1) is 22.2. The number of rotatable bonds is 7. The Labute approximate surface area is 194 Å². The molecule has 0 bridgehead atoms. The first-order valence-electron chi connectivity index (χ1n) is 10.0. The van der Waals surface area contributed by atoms with Gasteiger partial charge in [-0.25, -0.2) is 0 Å². The molecule has 168 valence electrons. The summed E-state index contributed by atoms with van der Waals surface area (Å²) in [6, 6.07) is 12.7. The average molecular weight is 464 g/mol. The van der Waals surface area contributed by atoms with Crippen LogP contribution >= 0.6 is 11.3 Å². The molecule has 1 amide bonds. The third-order valence-corrected chi connectivity index (χ3v) is 5.93. The Bertz CT molecular complexity index is 1230. The van der Waals surface area contributed by atoms with Crippen LogP contribution in [0.15, 0.2) is 66.8 Å². The van der Waals surface area contributed by atoms with Gasteiger partial charge in [0.05, 0.1) is 18.7 Å². The van der Waals surface area contributed by atoms with Crippen LogP contribution in [0.1, 0.15) is 22.2 Å². The fourth-order valence-corrected chi connectivity index (χ4v) is 4.25. The van der Waals surface area contributed by atoms with Crippen molar-refractivity contribution in [1.29, 1.82) is 0 Å². The van der Waals surface area contributed by atoms with E-state index in [1.54, 1.807) is 61.5 Å². The summed E-state index contributed by atoms with van der Waals surface area (Å²) in [6.07, 6.45) is 1.63. The van der Waals surface area contributed by atoms with E-state index in [0.717, 1.165) is 0 Å². The SMILES string of the molecule is C=CCOc1ccc(C2/C(=C(\O)c3ccc(OC)cc3)C(=O)C(=O)N2c2nnc(C)s2)cc1. The number of aryl methyl sites for hydroxylation is 1. The van der Waals surface area contributed by atoms with Crippen LogP contribution in [0.2, 0.25) is 0 Å². The number of benzene rings is 2. The standard InChI is InChI=1S/C24H21N3O5S/c1-4-13-32-18-11-5-15(6-12-18)20-19(21(28)16-7-9-17(31-3)10-8-16)22(29)23(30)27(20)24-26-25-14(2)33-24/h4-12,20,28H,1,13H2,2-3H3/b21-19+. The summed E-state index contributed by atoms with van der Waals surface area (Å²) in [5, 5.41) is 20.1. The highest BCUT2D eigenvalue weighted by Gasteiger charge is 2.48. The normalized spacial score (nSPS) is 17.3. The van der Waals surface area contributed by atoms with Crippen molar-refractivity contribution in [1.82, 2.24) is 10.2 Å². The van der Waals surface area contributed by atoms with E-state index in [4.69, 9.17) is 9.47 Å². The molecule has 0 radical (unpaired) electrons. The number of hydrogen-bond acceptors (Lipinski definition) is 8. The van der Waals surface area contributed by atoms with E-state index in [-0.39, 0.29) is 16.5 Å². The molecule has 8 nitrogen and oxygen atoms in total. The third-order valence-electron chi connectivity index (χ3n) is 5.09. The second-order valence-corrected chi connectivity index (χ2v) is 8.33. The first-order valence-corrected chi connectivity index (χ1v) is 10.9. The van der Waals surface area contributed by atoms with Gasteiger partial charge in [-0.15, -0.1) is 10.2 Å². The summed E-state index contributed by atoms with van der Waals surface area (Å²) in [4.78, 5) is 27.5. The minimum atomic E-state index is -0.882. The van der Waals surface area contributed by atoms with Crippen LogP contribution < -0.4 is 14.4 Å². The molecule has 0 saturated carbocycles. The molecule has 3 aromatic rings. The van der Waals surface area contributed by atoms with Crippen LogP contribution in [0.25, 0.3) is 5.76 Å². The van der Waals surface area contributed by atoms with Gasteiger partial charge in [0, 0.05) is 5.56 Å². The number of nitrogens with zero attached hydrogens (tertiary/aromatic N) is 3. The largest absolute Gasteiger partial charge is 0.507 e. The Morgan fingerprint density at radius 1 is 1.12 bits per heavy atom. The van der Waals surface area contributed by atoms with Crippen molar-refractivity contribution in [3.8, 4) is 11.5 Å². The lowest BCUT2D eigenvalue weighted by atomic mass is 9.95. The summed E-state index contributed by atoms with van der Waals surface area (Å²) >= 11 is 1.19. The quantitative estimate of drug-likeness (QED) is 0.244. The summed E-state index contributed by atoms with van der Waals surface area (Å²) in [5.41, 5.74) is 0.971. The zero-order valence-corrected chi connectivity index (χ0v) is 18.8. The summed E-state index contributed by atoms with van der Waals surface area (Å²) in [6.45, 7) is 5.73. The maximum atomic E-state index is 13.1. The molecule has 9 heteroatoms. The molecular formula is C24H21N3O5S. The number of methoxy groups -OCH3 is 1. The van der Waals surface area contributed by atoms with Gasteiger partial charge in [-0.1, -0.05) is 36.1 Å². The number of amides is 1. The number of aromatic nitrogens is 2. The van der Waals surface area contributed by atoms with Crippen molar-refractivity contribution in [2.75, 3.05) is 18.6 Å². The fraction of sp³-hybridized carbons (Fsp3) is 0.167. The highest BCUT2D eigenvalue weighted by atomic mass is 32.1. The molecule has 1 aliphatic rings. The molecule has 1 aromatic heterocycles. The van der Waals surface area contributed by atoms with Gasteiger partial charge in [0.25, 0.3) is 5.78 Å². The van der Waals surface area contributed by atoms with E-state index in [2.05, 4.69) is 16.8 Å².